The van der Waals surface area contributed by atoms with Crippen LogP contribution >= 0.6 is 0 Å². The zero-order valence-corrected chi connectivity index (χ0v) is 24.4. The van der Waals surface area contributed by atoms with E-state index in [0.29, 0.717) is 29.2 Å². The van der Waals surface area contributed by atoms with Crippen molar-refractivity contribution < 1.29 is 23.9 Å². The lowest BCUT2D eigenvalue weighted by Gasteiger charge is -2.52. The average molecular weight is 576 g/mol. The van der Waals surface area contributed by atoms with Gasteiger partial charge in [-0.15, -0.1) is 0 Å². The minimum atomic E-state index is -1.87. The highest BCUT2D eigenvalue weighted by Gasteiger charge is 2.50. The monoisotopic (exact) mass is 575 g/mol. The highest BCUT2D eigenvalue weighted by molar-refractivity contribution is 5.94. The zero-order valence-electron chi connectivity index (χ0n) is 24.4. The van der Waals surface area contributed by atoms with E-state index in [9.17, 15) is 14.7 Å². The Morgan fingerprint density at radius 3 is 1.88 bits per heavy atom. The van der Waals surface area contributed by atoms with Crippen LogP contribution in [0.25, 0.3) is 11.1 Å². The van der Waals surface area contributed by atoms with Gasteiger partial charge in [0.1, 0.15) is 6.54 Å². The SMILES string of the molecule is O=C(NCCC[N+]12CCC(CC1)C(OC(=O)C(O)(c1ccccc1)c1ccccc1)C2)c1ccc(-c2ccccc2)cc1. The number of hydrogen-bond acceptors (Lipinski definition) is 4. The minimum absolute atomic E-state index is 0.0649. The van der Waals surface area contributed by atoms with Crippen LogP contribution in [-0.2, 0) is 15.1 Å². The maximum atomic E-state index is 13.8. The van der Waals surface area contributed by atoms with Crippen LogP contribution in [0.15, 0.2) is 115 Å². The molecule has 0 aliphatic carbocycles. The Morgan fingerprint density at radius 1 is 0.767 bits per heavy atom. The van der Waals surface area contributed by atoms with E-state index < -0.39 is 11.6 Å². The molecule has 4 aromatic carbocycles. The molecule has 220 valence electrons. The number of aliphatic hydroxyl groups is 1. The summed E-state index contributed by atoms with van der Waals surface area (Å²) >= 11 is 0. The van der Waals surface area contributed by atoms with Gasteiger partial charge in [0.15, 0.2) is 6.10 Å². The maximum absolute atomic E-state index is 13.8. The lowest BCUT2D eigenvalue weighted by atomic mass is 9.82. The number of quaternary nitrogens is 1. The number of rotatable bonds is 10. The molecule has 1 unspecified atom stereocenters. The number of carbonyl (C=O) groups excluding carboxylic acids is 2. The maximum Gasteiger partial charge on any atom is 0.348 e. The van der Waals surface area contributed by atoms with E-state index in [4.69, 9.17) is 4.74 Å². The predicted molar refractivity (Wildman–Crippen MR) is 167 cm³/mol. The van der Waals surface area contributed by atoms with Crippen LogP contribution in [0.2, 0.25) is 0 Å². The molecule has 0 spiro atoms. The van der Waals surface area contributed by atoms with Crippen molar-refractivity contribution in [3.8, 4) is 11.1 Å². The normalized spacial score (nSPS) is 21.2. The van der Waals surface area contributed by atoms with E-state index in [1.54, 1.807) is 24.3 Å². The summed E-state index contributed by atoms with van der Waals surface area (Å²) in [6.45, 7) is 4.35. The highest BCUT2D eigenvalue weighted by Crippen LogP contribution is 2.38. The van der Waals surface area contributed by atoms with Crippen molar-refractivity contribution in [2.24, 2.45) is 5.92 Å². The fourth-order valence-electron chi connectivity index (χ4n) is 6.82. The number of benzene rings is 4. The lowest BCUT2D eigenvalue weighted by Crippen LogP contribution is -2.65. The molecule has 0 radical (unpaired) electrons. The number of ether oxygens (including phenoxy) is 1. The topological polar surface area (TPSA) is 75.6 Å². The minimum Gasteiger partial charge on any atom is -0.453 e. The van der Waals surface area contributed by atoms with Crippen LogP contribution < -0.4 is 5.32 Å². The van der Waals surface area contributed by atoms with Crippen molar-refractivity contribution in [3.63, 3.8) is 0 Å². The number of esters is 1. The lowest BCUT2D eigenvalue weighted by molar-refractivity contribution is -0.946. The van der Waals surface area contributed by atoms with Crippen molar-refractivity contribution in [1.29, 1.82) is 0 Å². The number of hydrogen-bond donors (Lipinski definition) is 2. The Morgan fingerprint density at radius 2 is 1.30 bits per heavy atom. The molecule has 1 amide bonds. The van der Waals surface area contributed by atoms with Gasteiger partial charge in [-0.2, -0.15) is 0 Å². The molecule has 1 atom stereocenters. The fourth-order valence-corrected chi connectivity index (χ4v) is 6.82. The van der Waals surface area contributed by atoms with Gasteiger partial charge in [-0.25, -0.2) is 4.79 Å². The molecule has 0 aromatic heterocycles. The molecule has 3 aliphatic heterocycles. The van der Waals surface area contributed by atoms with Gasteiger partial charge in [0.05, 0.1) is 19.6 Å². The molecule has 3 saturated heterocycles. The second-order valence-corrected chi connectivity index (χ2v) is 12.0. The van der Waals surface area contributed by atoms with Gasteiger partial charge in [0, 0.05) is 37.3 Å². The summed E-state index contributed by atoms with van der Waals surface area (Å²) < 4.78 is 7.07. The third kappa shape index (κ3) is 6.12. The first kappa shape index (κ1) is 28.8. The molecular weight excluding hydrogens is 536 g/mol. The molecule has 6 heteroatoms. The molecule has 3 fully saturated rings. The number of fused-ring (bicyclic) bond motifs is 3. The van der Waals surface area contributed by atoms with Gasteiger partial charge < -0.3 is 19.6 Å². The van der Waals surface area contributed by atoms with Gasteiger partial charge >= 0.3 is 5.97 Å². The molecule has 7 rings (SSSR count). The standard InChI is InChI=1S/C37H38N2O4/c40-35(31-19-17-29(18-20-31)28-11-4-1-5-12-28)38-23-10-24-39-25-21-30(22-26-39)34(27-39)43-36(41)37(42,32-13-6-2-7-14-32)33-15-8-3-9-16-33/h1-9,11-20,30,34,42H,10,21-27H2/p+1. The summed E-state index contributed by atoms with van der Waals surface area (Å²) in [5, 5.41) is 14.9. The van der Waals surface area contributed by atoms with Crippen LogP contribution in [0, 0.1) is 5.92 Å². The summed E-state index contributed by atoms with van der Waals surface area (Å²) in [7, 11) is 0. The van der Waals surface area contributed by atoms with Crippen molar-refractivity contribution in [2.75, 3.05) is 32.7 Å². The van der Waals surface area contributed by atoms with Gasteiger partial charge in [-0.1, -0.05) is 103 Å². The first-order valence-corrected chi connectivity index (χ1v) is 15.3. The quantitative estimate of drug-likeness (QED) is 0.148. The van der Waals surface area contributed by atoms with E-state index in [-0.39, 0.29) is 12.0 Å². The van der Waals surface area contributed by atoms with Gasteiger partial charge in [-0.3, -0.25) is 4.79 Å². The molecule has 43 heavy (non-hydrogen) atoms. The Labute approximate surface area is 253 Å². The van der Waals surface area contributed by atoms with E-state index >= 15 is 0 Å². The van der Waals surface area contributed by atoms with Gasteiger partial charge in [0.25, 0.3) is 5.91 Å². The molecule has 2 N–H and O–H groups in total. The van der Waals surface area contributed by atoms with E-state index in [0.717, 1.165) is 61.1 Å². The highest BCUT2D eigenvalue weighted by atomic mass is 16.6. The summed E-state index contributed by atoms with van der Waals surface area (Å²) in [5.74, 6) is -0.379. The first-order chi connectivity index (χ1) is 21.0. The third-order valence-corrected chi connectivity index (χ3v) is 9.33. The number of piperidine rings is 3. The second kappa shape index (κ2) is 12.5. The first-order valence-electron chi connectivity index (χ1n) is 15.3. The Hall–Kier alpha value is -4.26. The summed E-state index contributed by atoms with van der Waals surface area (Å²) in [6.07, 6.45) is 2.59. The molecule has 3 heterocycles. The number of amides is 1. The van der Waals surface area contributed by atoms with Crippen molar-refractivity contribution >= 4 is 11.9 Å². The Bertz CT molecular complexity index is 1480. The van der Waals surface area contributed by atoms with Crippen molar-refractivity contribution in [3.05, 3.63) is 132 Å². The summed E-state index contributed by atoms with van der Waals surface area (Å²) in [4.78, 5) is 26.6. The number of nitrogens with zero attached hydrogens (tertiary/aromatic N) is 1. The summed E-state index contributed by atoms with van der Waals surface area (Å²) in [5.41, 5.74) is 2.00. The molecule has 2 bridgehead atoms. The summed E-state index contributed by atoms with van der Waals surface area (Å²) in [6, 6.07) is 35.9. The number of nitrogens with one attached hydrogen (secondary N) is 1. The molecule has 4 aromatic rings. The van der Waals surface area contributed by atoms with Crippen molar-refractivity contribution in [1.82, 2.24) is 5.32 Å². The van der Waals surface area contributed by atoms with Crippen LogP contribution in [0.3, 0.4) is 0 Å². The van der Waals surface area contributed by atoms with Crippen LogP contribution in [0.1, 0.15) is 40.7 Å². The van der Waals surface area contributed by atoms with E-state index in [1.165, 1.54) is 0 Å². The third-order valence-electron chi connectivity index (χ3n) is 9.33. The average Bonchev–Trinajstić information content (AvgIpc) is 3.08. The zero-order chi connectivity index (χ0) is 29.7. The van der Waals surface area contributed by atoms with Gasteiger partial charge in [0.2, 0.25) is 5.60 Å². The largest absolute Gasteiger partial charge is 0.453 e. The molecule has 0 saturated carbocycles. The van der Waals surface area contributed by atoms with Crippen LogP contribution in [0.5, 0.6) is 0 Å². The van der Waals surface area contributed by atoms with E-state index in [1.807, 2.05) is 78.9 Å². The Kier molecular flexibility index (Phi) is 8.41. The number of carbonyl (C=O) groups is 2. The molecular formula is C37H39N2O4+. The van der Waals surface area contributed by atoms with Crippen LogP contribution in [-0.4, -0.2) is 60.3 Å². The second-order valence-electron chi connectivity index (χ2n) is 12.0. The van der Waals surface area contributed by atoms with Crippen molar-refractivity contribution in [2.45, 2.75) is 31.0 Å². The predicted octanol–water partition coefficient (Wildman–Crippen LogP) is 5.56. The van der Waals surface area contributed by atoms with Gasteiger partial charge in [-0.05, 0) is 34.4 Å². The molecule has 6 nitrogen and oxygen atoms in total. The smallest absolute Gasteiger partial charge is 0.348 e. The Balaban J connectivity index is 1.05. The molecule has 3 aliphatic rings. The fraction of sp³-hybridized carbons (Fsp3) is 0.297. The van der Waals surface area contributed by atoms with Crippen LogP contribution in [0.4, 0.5) is 0 Å². The van der Waals surface area contributed by atoms with E-state index in [2.05, 4.69) is 17.4 Å².